The van der Waals surface area contributed by atoms with Crippen molar-refractivity contribution in [1.29, 1.82) is 0 Å². The standard InChI is InChI=1S/C32H48O5/c1-5-23-27-18-21(33)11-14-32(27,4)26-12-15-31(3)24(9-10-25(31)28(26)29(23)34)19(2)13-16-37-22-8-6-7-20(17-22)30(35)36/h6-8,17,19,21,23-29,33-34H,5,9-16,18H2,1-4H3,(H,35,36)/t19-,21-,23-,24-,25+,26+,27+,28+,29-,31-,32-/m1/s1. The third-order valence-electron chi connectivity index (χ3n) is 12.1. The maximum atomic E-state index is 11.9. The van der Waals surface area contributed by atoms with Gasteiger partial charge in [-0.05, 0) is 122 Å². The Morgan fingerprint density at radius 2 is 1.78 bits per heavy atom. The van der Waals surface area contributed by atoms with Crippen molar-refractivity contribution in [3.63, 3.8) is 0 Å². The predicted molar refractivity (Wildman–Crippen MR) is 144 cm³/mol. The molecule has 0 saturated heterocycles. The molecular weight excluding hydrogens is 464 g/mol. The lowest BCUT2D eigenvalue weighted by molar-refractivity contribution is -0.203. The maximum absolute atomic E-state index is 11.9. The average Bonchev–Trinajstić information content (AvgIpc) is 3.22. The summed E-state index contributed by atoms with van der Waals surface area (Å²) >= 11 is 0. The Morgan fingerprint density at radius 3 is 2.51 bits per heavy atom. The molecule has 37 heavy (non-hydrogen) atoms. The maximum Gasteiger partial charge on any atom is 0.335 e. The van der Waals surface area contributed by atoms with Crippen LogP contribution in [0.2, 0.25) is 0 Å². The lowest BCUT2D eigenvalue weighted by Crippen LogP contribution is -2.62. The molecule has 0 spiro atoms. The number of hydrogen-bond acceptors (Lipinski definition) is 4. The van der Waals surface area contributed by atoms with E-state index in [9.17, 15) is 20.1 Å². The van der Waals surface area contributed by atoms with Crippen molar-refractivity contribution >= 4 is 5.97 Å². The summed E-state index contributed by atoms with van der Waals surface area (Å²) in [5.74, 6) is 3.10. The minimum absolute atomic E-state index is 0.199. The number of ether oxygens (including phenoxy) is 1. The molecule has 0 bridgehead atoms. The van der Waals surface area contributed by atoms with Crippen LogP contribution in [0.25, 0.3) is 0 Å². The Balaban J connectivity index is 1.29. The molecule has 0 unspecified atom stereocenters. The van der Waals surface area contributed by atoms with Crippen LogP contribution in [0.15, 0.2) is 24.3 Å². The molecule has 5 rings (SSSR count). The van der Waals surface area contributed by atoms with Crippen molar-refractivity contribution in [1.82, 2.24) is 0 Å². The monoisotopic (exact) mass is 512 g/mol. The molecule has 0 aromatic heterocycles. The number of carboxylic acids is 1. The first-order valence-corrected chi connectivity index (χ1v) is 14.9. The van der Waals surface area contributed by atoms with Crippen molar-refractivity contribution in [3.05, 3.63) is 29.8 Å². The molecule has 4 aliphatic carbocycles. The smallest absolute Gasteiger partial charge is 0.335 e. The van der Waals surface area contributed by atoms with E-state index in [0.717, 1.165) is 32.1 Å². The first kappa shape index (κ1) is 27.0. The van der Waals surface area contributed by atoms with E-state index < -0.39 is 5.97 Å². The molecule has 4 saturated carbocycles. The summed E-state index contributed by atoms with van der Waals surface area (Å²) in [5, 5.41) is 31.6. The third-order valence-corrected chi connectivity index (χ3v) is 12.1. The Labute approximate surface area is 223 Å². The van der Waals surface area contributed by atoms with Gasteiger partial charge in [0.2, 0.25) is 0 Å². The van der Waals surface area contributed by atoms with Crippen molar-refractivity contribution in [2.75, 3.05) is 6.61 Å². The van der Waals surface area contributed by atoms with E-state index in [1.54, 1.807) is 18.2 Å². The molecule has 1 aromatic rings. The number of aliphatic hydroxyl groups excluding tert-OH is 2. The Bertz CT molecular complexity index is 978. The van der Waals surface area contributed by atoms with E-state index in [1.807, 2.05) is 6.07 Å². The van der Waals surface area contributed by atoms with E-state index in [2.05, 4.69) is 27.7 Å². The number of carbonyl (C=O) groups is 1. The van der Waals surface area contributed by atoms with Crippen molar-refractivity contribution in [3.8, 4) is 5.75 Å². The molecule has 3 N–H and O–H groups in total. The second kappa shape index (κ2) is 10.2. The highest BCUT2D eigenvalue weighted by molar-refractivity contribution is 5.87. The van der Waals surface area contributed by atoms with Gasteiger partial charge in [-0.2, -0.15) is 0 Å². The van der Waals surface area contributed by atoms with Crippen LogP contribution in [-0.2, 0) is 0 Å². The zero-order valence-electron chi connectivity index (χ0n) is 23.2. The minimum atomic E-state index is -0.931. The number of aliphatic hydroxyl groups is 2. The fourth-order valence-corrected chi connectivity index (χ4v) is 10.2. The van der Waals surface area contributed by atoms with Crippen LogP contribution in [0, 0.1) is 52.3 Å². The average molecular weight is 513 g/mol. The largest absolute Gasteiger partial charge is 0.494 e. The van der Waals surface area contributed by atoms with Crippen LogP contribution in [-0.4, -0.2) is 40.1 Å². The highest BCUT2D eigenvalue weighted by Crippen LogP contribution is 2.69. The number of fused-ring (bicyclic) bond motifs is 5. The molecule has 0 radical (unpaired) electrons. The van der Waals surface area contributed by atoms with Gasteiger partial charge in [-0.1, -0.05) is 40.2 Å². The van der Waals surface area contributed by atoms with E-state index >= 15 is 0 Å². The van der Waals surface area contributed by atoms with Gasteiger partial charge in [0.15, 0.2) is 0 Å². The van der Waals surface area contributed by atoms with Crippen molar-refractivity contribution < 1.29 is 24.9 Å². The van der Waals surface area contributed by atoms with E-state index in [-0.39, 0.29) is 28.6 Å². The summed E-state index contributed by atoms with van der Waals surface area (Å²) in [5.41, 5.74) is 0.751. The first-order chi connectivity index (χ1) is 17.6. The quantitative estimate of drug-likeness (QED) is 0.393. The summed E-state index contributed by atoms with van der Waals surface area (Å²) in [6.45, 7) is 10.2. The second-order valence-electron chi connectivity index (χ2n) is 13.6. The van der Waals surface area contributed by atoms with Gasteiger partial charge in [0, 0.05) is 0 Å². The van der Waals surface area contributed by atoms with Crippen LogP contribution in [0.4, 0.5) is 0 Å². The van der Waals surface area contributed by atoms with Crippen LogP contribution in [0.1, 0.15) is 95.8 Å². The number of aromatic carboxylic acids is 1. The molecule has 11 atom stereocenters. The van der Waals surface area contributed by atoms with Crippen molar-refractivity contribution in [2.45, 2.75) is 97.7 Å². The predicted octanol–water partition coefficient (Wildman–Crippen LogP) is 6.42. The molecule has 4 fully saturated rings. The molecule has 1 aromatic carbocycles. The van der Waals surface area contributed by atoms with Gasteiger partial charge in [0.05, 0.1) is 24.4 Å². The summed E-state index contributed by atoms with van der Waals surface area (Å²) in [4.78, 5) is 11.3. The Hall–Kier alpha value is -1.59. The second-order valence-corrected chi connectivity index (χ2v) is 13.6. The summed E-state index contributed by atoms with van der Waals surface area (Å²) < 4.78 is 5.98. The SMILES string of the molecule is CC[C@H]1[C@@H](O)[C@@H]2[C@H](CC[C@]3(C)[C@@H]([C@H](C)CCOc4cccc(C(=O)O)c4)CC[C@@H]23)[C@@]2(C)CC[C@@H](O)C[C@@H]12. The molecular formula is C32H48O5. The highest BCUT2D eigenvalue weighted by Gasteiger charge is 2.64. The topological polar surface area (TPSA) is 87.0 Å². The zero-order chi connectivity index (χ0) is 26.5. The highest BCUT2D eigenvalue weighted by atomic mass is 16.5. The van der Waals surface area contributed by atoms with Crippen LogP contribution >= 0.6 is 0 Å². The van der Waals surface area contributed by atoms with Crippen molar-refractivity contribution in [2.24, 2.45) is 52.3 Å². The molecule has 4 aliphatic rings. The van der Waals surface area contributed by atoms with Gasteiger partial charge in [0.1, 0.15) is 5.75 Å². The Morgan fingerprint density at radius 1 is 1.05 bits per heavy atom. The van der Waals surface area contributed by atoms with E-state index in [4.69, 9.17) is 4.74 Å². The summed E-state index contributed by atoms with van der Waals surface area (Å²) in [6, 6.07) is 6.76. The van der Waals surface area contributed by atoms with Crippen LogP contribution < -0.4 is 4.74 Å². The first-order valence-electron chi connectivity index (χ1n) is 14.9. The van der Waals surface area contributed by atoms with Crippen LogP contribution in [0.3, 0.4) is 0 Å². The lowest BCUT2D eigenvalue weighted by Gasteiger charge is -2.64. The molecule has 206 valence electrons. The van der Waals surface area contributed by atoms with Gasteiger partial charge in [-0.3, -0.25) is 0 Å². The lowest BCUT2D eigenvalue weighted by atomic mass is 9.41. The number of benzene rings is 1. The van der Waals surface area contributed by atoms with E-state index in [0.29, 0.717) is 53.8 Å². The van der Waals surface area contributed by atoms with Gasteiger partial charge in [-0.25, -0.2) is 4.79 Å². The molecule has 0 heterocycles. The number of rotatable bonds is 7. The van der Waals surface area contributed by atoms with Gasteiger partial charge in [0.25, 0.3) is 0 Å². The fraction of sp³-hybridized carbons (Fsp3) is 0.781. The minimum Gasteiger partial charge on any atom is -0.494 e. The molecule has 0 aliphatic heterocycles. The number of hydrogen-bond donors (Lipinski definition) is 3. The summed E-state index contributed by atoms with van der Waals surface area (Å²) in [6.07, 6.45) is 9.28. The van der Waals surface area contributed by atoms with Crippen LogP contribution in [0.5, 0.6) is 5.75 Å². The normalized spacial score (nSPS) is 43.8. The fourth-order valence-electron chi connectivity index (χ4n) is 10.2. The zero-order valence-corrected chi connectivity index (χ0v) is 23.2. The van der Waals surface area contributed by atoms with Gasteiger partial charge >= 0.3 is 5.97 Å². The summed E-state index contributed by atoms with van der Waals surface area (Å²) in [7, 11) is 0. The van der Waals surface area contributed by atoms with E-state index in [1.165, 1.54) is 25.7 Å². The molecule has 0 amide bonds. The Kier molecular flexibility index (Phi) is 7.43. The third kappa shape index (κ3) is 4.52. The number of carboxylic acid groups (broad SMARTS) is 1. The molecule has 5 nitrogen and oxygen atoms in total. The molecule has 5 heteroatoms. The van der Waals surface area contributed by atoms with Gasteiger partial charge in [-0.15, -0.1) is 0 Å². The van der Waals surface area contributed by atoms with Gasteiger partial charge < -0.3 is 20.1 Å².